The smallest absolute Gasteiger partial charge is 0.208 e. The summed E-state index contributed by atoms with van der Waals surface area (Å²) < 4.78 is 8.81. The molecule has 0 spiro atoms. The molecule has 4 rings (SSSR count). The Kier molecular flexibility index (Phi) is 6.81. The van der Waals surface area contributed by atoms with Crippen molar-refractivity contribution in [1.82, 2.24) is 19.7 Å². The van der Waals surface area contributed by atoms with Crippen molar-refractivity contribution in [2.24, 2.45) is 0 Å². The standard InChI is InChI=1S/C24H23BrN4O2S/c1-15-4-8-19(9-5-15)29-16(2)12-21(17(29)3)22(30)14-32-24-26-23(27-28-24)13-31-20-10-6-18(25)7-11-20/h4-12H,13-14H2,1-3H3,(H,26,27,28). The monoisotopic (exact) mass is 510 g/mol. The van der Waals surface area contributed by atoms with Gasteiger partial charge in [0.2, 0.25) is 5.16 Å². The number of ether oxygens (including phenoxy) is 1. The largest absolute Gasteiger partial charge is 0.486 e. The van der Waals surface area contributed by atoms with Crippen LogP contribution in [0.4, 0.5) is 0 Å². The van der Waals surface area contributed by atoms with Crippen molar-refractivity contribution >= 4 is 33.5 Å². The maximum atomic E-state index is 12.9. The Hall–Kier alpha value is -2.84. The zero-order valence-electron chi connectivity index (χ0n) is 18.1. The summed E-state index contributed by atoms with van der Waals surface area (Å²) in [5.41, 5.74) is 4.96. The summed E-state index contributed by atoms with van der Waals surface area (Å²) in [5, 5.41) is 7.59. The van der Waals surface area contributed by atoms with Crippen LogP contribution in [-0.2, 0) is 6.61 Å². The maximum Gasteiger partial charge on any atom is 0.208 e. The van der Waals surface area contributed by atoms with Gasteiger partial charge in [0.1, 0.15) is 12.4 Å². The molecule has 0 aliphatic rings. The second kappa shape index (κ2) is 9.75. The van der Waals surface area contributed by atoms with Crippen molar-refractivity contribution in [3.05, 3.63) is 87.4 Å². The van der Waals surface area contributed by atoms with E-state index in [1.54, 1.807) is 0 Å². The quantitative estimate of drug-likeness (QED) is 0.238. The number of aromatic amines is 1. The molecule has 32 heavy (non-hydrogen) atoms. The molecule has 1 N–H and O–H groups in total. The molecule has 0 unspecified atom stereocenters. The third-order valence-corrected chi connectivity index (χ3v) is 6.43. The number of hydrogen-bond acceptors (Lipinski definition) is 5. The van der Waals surface area contributed by atoms with E-state index in [1.165, 1.54) is 17.3 Å². The zero-order valence-corrected chi connectivity index (χ0v) is 20.5. The van der Waals surface area contributed by atoms with E-state index in [0.29, 0.717) is 11.0 Å². The zero-order chi connectivity index (χ0) is 22.7. The number of benzene rings is 2. The number of carbonyl (C=O) groups is 1. The number of thioether (sulfide) groups is 1. The summed E-state index contributed by atoms with van der Waals surface area (Å²) in [6.45, 7) is 6.34. The minimum Gasteiger partial charge on any atom is -0.486 e. The highest BCUT2D eigenvalue weighted by Crippen LogP contribution is 2.24. The molecule has 0 aliphatic carbocycles. The second-order valence-electron chi connectivity index (χ2n) is 7.47. The van der Waals surface area contributed by atoms with Crippen molar-refractivity contribution in [3.63, 3.8) is 0 Å². The predicted octanol–water partition coefficient (Wildman–Crippen LogP) is 5.84. The number of H-pyrrole nitrogens is 1. The lowest BCUT2D eigenvalue weighted by atomic mass is 10.2. The fraction of sp³-hybridized carbons (Fsp3) is 0.208. The molecule has 6 nitrogen and oxygen atoms in total. The van der Waals surface area contributed by atoms with Crippen LogP contribution in [0.2, 0.25) is 0 Å². The fourth-order valence-electron chi connectivity index (χ4n) is 3.43. The number of aromatic nitrogens is 4. The van der Waals surface area contributed by atoms with Crippen molar-refractivity contribution < 1.29 is 9.53 Å². The van der Waals surface area contributed by atoms with Gasteiger partial charge in [-0.2, -0.15) is 0 Å². The normalized spacial score (nSPS) is 11.0. The van der Waals surface area contributed by atoms with Crippen molar-refractivity contribution in [2.75, 3.05) is 5.75 Å². The molecular formula is C24H23BrN4O2S. The van der Waals surface area contributed by atoms with Crippen LogP contribution in [0.3, 0.4) is 0 Å². The summed E-state index contributed by atoms with van der Waals surface area (Å²) in [5.74, 6) is 1.68. The molecule has 0 amide bonds. The van der Waals surface area contributed by atoms with Crippen molar-refractivity contribution in [1.29, 1.82) is 0 Å². The Labute approximate surface area is 199 Å². The van der Waals surface area contributed by atoms with Crippen LogP contribution in [0.25, 0.3) is 5.69 Å². The first kappa shape index (κ1) is 22.4. The van der Waals surface area contributed by atoms with E-state index in [1.807, 2.05) is 44.2 Å². The second-order valence-corrected chi connectivity index (χ2v) is 9.33. The van der Waals surface area contributed by atoms with E-state index in [-0.39, 0.29) is 18.1 Å². The maximum absolute atomic E-state index is 12.9. The van der Waals surface area contributed by atoms with Gasteiger partial charge in [0.05, 0.1) is 5.75 Å². The molecule has 2 aromatic carbocycles. The van der Waals surface area contributed by atoms with Gasteiger partial charge in [0.15, 0.2) is 11.6 Å². The number of hydrogen-bond donors (Lipinski definition) is 1. The van der Waals surface area contributed by atoms with Crippen molar-refractivity contribution in [2.45, 2.75) is 32.5 Å². The number of nitrogens with zero attached hydrogens (tertiary/aromatic N) is 3. The summed E-state index contributed by atoms with van der Waals surface area (Å²) >= 11 is 4.71. The van der Waals surface area contributed by atoms with E-state index in [4.69, 9.17) is 4.74 Å². The lowest BCUT2D eigenvalue weighted by Gasteiger charge is -2.10. The Morgan fingerprint density at radius 3 is 2.53 bits per heavy atom. The number of nitrogens with one attached hydrogen (secondary N) is 1. The Balaban J connectivity index is 1.37. The number of ketones is 1. The fourth-order valence-corrected chi connectivity index (χ4v) is 4.40. The van der Waals surface area contributed by atoms with Crippen LogP contribution in [0.5, 0.6) is 5.75 Å². The molecule has 0 aliphatic heterocycles. The first-order valence-electron chi connectivity index (χ1n) is 10.1. The van der Waals surface area contributed by atoms with Crippen LogP contribution >= 0.6 is 27.7 Å². The highest BCUT2D eigenvalue weighted by molar-refractivity contribution is 9.10. The number of rotatable bonds is 8. The van der Waals surface area contributed by atoms with E-state index in [0.717, 1.165) is 32.9 Å². The van der Waals surface area contributed by atoms with Crippen LogP contribution in [0.1, 0.15) is 33.1 Å². The third-order valence-electron chi connectivity index (χ3n) is 5.06. The third kappa shape index (κ3) is 5.14. The number of Topliss-reactive ketones (excluding diaryl/α,β-unsaturated/α-hetero) is 1. The summed E-state index contributed by atoms with van der Waals surface area (Å²) in [6, 6.07) is 17.8. The van der Waals surface area contributed by atoms with E-state index < -0.39 is 0 Å². The van der Waals surface area contributed by atoms with Gasteiger partial charge in [0, 0.05) is 27.1 Å². The molecule has 0 saturated carbocycles. The first-order valence-corrected chi connectivity index (χ1v) is 11.9. The lowest BCUT2D eigenvalue weighted by molar-refractivity contribution is 0.102. The first-order chi connectivity index (χ1) is 15.4. The molecule has 164 valence electrons. The molecular weight excluding hydrogens is 488 g/mol. The minimum absolute atomic E-state index is 0.0546. The highest BCUT2D eigenvalue weighted by Gasteiger charge is 2.18. The van der Waals surface area contributed by atoms with E-state index in [2.05, 4.69) is 66.9 Å². The predicted molar refractivity (Wildman–Crippen MR) is 130 cm³/mol. The van der Waals surface area contributed by atoms with E-state index >= 15 is 0 Å². The van der Waals surface area contributed by atoms with Gasteiger partial charge < -0.3 is 9.30 Å². The van der Waals surface area contributed by atoms with Gasteiger partial charge in [-0.05, 0) is 63.2 Å². The molecule has 0 saturated heterocycles. The highest BCUT2D eigenvalue weighted by atomic mass is 79.9. The van der Waals surface area contributed by atoms with Crippen LogP contribution in [0.15, 0.2) is 64.2 Å². The van der Waals surface area contributed by atoms with Crippen LogP contribution in [0, 0.1) is 20.8 Å². The Morgan fingerprint density at radius 1 is 1.09 bits per heavy atom. The summed E-state index contributed by atoms with van der Waals surface area (Å²) in [7, 11) is 0. The Bertz CT molecular complexity index is 1230. The summed E-state index contributed by atoms with van der Waals surface area (Å²) in [6.07, 6.45) is 0. The van der Waals surface area contributed by atoms with Gasteiger partial charge >= 0.3 is 0 Å². The van der Waals surface area contributed by atoms with Gasteiger partial charge in [-0.25, -0.2) is 4.98 Å². The van der Waals surface area contributed by atoms with Gasteiger partial charge in [-0.1, -0.05) is 45.4 Å². The topological polar surface area (TPSA) is 72.8 Å². The molecule has 0 bridgehead atoms. The molecule has 4 aromatic rings. The number of aryl methyl sites for hydroxylation is 2. The van der Waals surface area contributed by atoms with E-state index in [9.17, 15) is 4.79 Å². The average molecular weight is 511 g/mol. The SMILES string of the molecule is Cc1ccc(-n2c(C)cc(C(=O)CSc3n[nH]c(COc4ccc(Br)cc4)n3)c2C)cc1. The minimum atomic E-state index is 0.0546. The molecule has 2 aromatic heterocycles. The summed E-state index contributed by atoms with van der Waals surface area (Å²) in [4.78, 5) is 17.3. The number of carbonyl (C=O) groups excluding carboxylic acids is 1. The van der Waals surface area contributed by atoms with Crippen LogP contribution < -0.4 is 4.74 Å². The lowest BCUT2D eigenvalue weighted by Crippen LogP contribution is -2.06. The molecule has 2 heterocycles. The molecule has 0 atom stereocenters. The van der Waals surface area contributed by atoms with Gasteiger partial charge in [0.25, 0.3) is 0 Å². The van der Waals surface area contributed by atoms with Crippen molar-refractivity contribution in [3.8, 4) is 11.4 Å². The molecule has 8 heteroatoms. The average Bonchev–Trinajstić information content (AvgIpc) is 3.36. The Morgan fingerprint density at radius 2 is 1.81 bits per heavy atom. The van der Waals surface area contributed by atoms with Gasteiger partial charge in [-0.15, -0.1) is 5.10 Å². The van der Waals surface area contributed by atoms with Crippen LogP contribution in [-0.4, -0.2) is 31.3 Å². The molecule has 0 radical (unpaired) electrons. The number of halogens is 1. The molecule has 0 fully saturated rings. The van der Waals surface area contributed by atoms with Gasteiger partial charge in [-0.3, -0.25) is 9.89 Å².